The first-order valence-corrected chi connectivity index (χ1v) is 5.37. The van der Waals surface area contributed by atoms with Crippen LogP contribution < -0.4 is 5.32 Å². The summed E-state index contributed by atoms with van der Waals surface area (Å²) in [6.07, 6.45) is 3.46. The van der Waals surface area contributed by atoms with Gasteiger partial charge in [-0.1, -0.05) is 11.6 Å². The number of nitrogens with zero attached hydrogens (tertiary/aromatic N) is 3. The predicted octanol–water partition coefficient (Wildman–Crippen LogP) is 0.826. The van der Waals surface area contributed by atoms with Gasteiger partial charge in [-0.2, -0.15) is 5.10 Å². The molecule has 2 N–H and O–H groups in total. The second-order valence-corrected chi connectivity index (χ2v) is 3.74. The topological polar surface area (TPSA) is 83.6 Å². The van der Waals surface area contributed by atoms with Crippen LogP contribution >= 0.6 is 11.6 Å². The minimum absolute atomic E-state index is 0.235. The molecule has 0 fully saturated rings. The van der Waals surface area contributed by atoms with Crippen LogP contribution in [0.5, 0.6) is 0 Å². The number of hydrogen-bond donors (Lipinski definition) is 2. The van der Waals surface area contributed by atoms with Gasteiger partial charge in [0.2, 0.25) is 0 Å². The molecule has 0 unspecified atom stereocenters. The first-order valence-electron chi connectivity index (χ1n) is 4.99. The Morgan fingerprint density at radius 2 is 2.29 bits per heavy atom. The van der Waals surface area contributed by atoms with Gasteiger partial charge in [0.25, 0.3) is 5.91 Å². The van der Waals surface area contributed by atoms with Crippen molar-refractivity contribution in [3.05, 3.63) is 41.2 Å². The lowest BCUT2D eigenvalue weighted by atomic mass is 10.3. The Balaban J connectivity index is 1.83. The predicted molar refractivity (Wildman–Crippen MR) is 61.7 cm³/mol. The Morgan fingerprint density at radius 1 is 1.41 bits per heavy atom. The Kier molecular flexibility index (Phi) is 3.66. The van der Waals surface area contributed by atoms with E-state index in [1.54, 1.807) is 12.1 Å². The molecule has 1 amide bonds. The molecule has 0 saturated heterocycles. The number of amides is 1. The molecule has 0 aliphatic rings. The summed E-state index contributed by atoms with van der Waals surface area (Å²) in [6, 6.07) is 3.20. The Bertz CT molecular complexity index is 482. The van der Waals surface area contributed by atoms with Gasteiger partial charge in [0.1, 0.15) is 17.8 Å². The molecule has 0 spiro atoms. The average Bonchev–Trinajstić information content (AvgIpc) is 2.83. The smallest absolute Gasteiger partial charge is 0.269 e. The molecule has 88 valence electrons. The maximum atomic E-state index is 11.6. The number of rotatable bonds is 4. The summed E-state index contributed by atoms with van der Waals surface area (Å²) in [4.78, 5) is 19.5. The highest BCUT2D eigenvalue weighted by atomic mass is 35.5. The number of aromatic amines is 1. The largest absolute Gasteiger partial charge is 0.350 e. The first-order chi connectivity index (χ1) is 8.25. The number of hydrogen-bond acceptors (Lipinski definition) is 4. The van der Waals surface area contributed by atoms with Crippen LogP contribution in [0.4, 0.5) is 0 Å². The number of halogens is 1. The van der Waals surface area contributed by atoms with Crippen LogP contribution in [0.25, 0.3) is 0 Å². The van der Waals surface area contributed by atoms with Crippen LogP contribution in [0.1, 0.15) is 16.3 Å². The number of nitrogens with one attached hydrogen (secondary N) is 2. The molecular formula is C10H10ClN5O. The van der Waals surface area contributed by atoms with Crippen molar-refractivity contribution in [3.63, 3.8) is 0 Å². The fraction of sp³-hybridized carbons (Fsp3) is 0.200. The summed E-state index contributed by atoms with van der Waals surface area (Å²) < 4.78 is 0. The van der Waals surface area contributed by atoms with Gasteiger partial charge < -0.3 is 5.32 Å². The molecular weight excluding hydrogens is 242 g/mol. The minimum atomic E-state index is -0.235. The zero-order valence-corrected chi connectivity index (χ0v) is 9.61. The molecule has 2 aromatic rings. The number of aromatic nitrogens is 4. The van der Waals surface area contributed by atoms with E-state index in [9.17, 15) is 4.79 Å². The van der Waals surface area contributed by atoms with Crippen LogP contribution in [-0.2, 0) is 6.42 Å². The molecule has 0 radical (unpaired) electrons. The summed E-state index contributed by atoms with van der Waals surface area (Å²) in [5.41, 5.74) is 0.340. The van der Waals surface area contributed by atoms with Gasteiger partial charge in [0.05, 0.1) is 5.02 Å². The molecule has 2 heterocycles. The van der Waals surface area contributed by atoms with Gasteiger partial charge in [-0.15, -0.1) is 0 Å². The van der Waals surface area contributed by atoms with Gasteiger partial charge in [0, 0.05) is 19.2 Å². The molecule has 6 nitrogen and oxygen atoms in total. The normalized spacial score (nSPS) is 10.2. The molecule has 0 saturated carbocycles. The highest BCUT2D eigenvalue weighted by Gasteiger charge is 2.06. The maximum absolute atomic E-state index is 11.6. The van der Waals surface area contributed by atoms with Gasteiger partial charge in [-0.25, -0.2) is 9.97 Å². The van der Waals surface area contributed by atoms with Crippen LogP contribution in [0.2, 0.25) is 5.02 Å². The summed E-state index contributed by atoms with van der Waals surface area (Å²) in [5.74, 6) is 0.496. The first kappa shape index (κ1) is 11.5. The lowest BCUT2D eigenvalue weighted by molar-refractivity contribution is 0.0949. The molecule has 0 atom stereocenters. The minimum Gasteiger partial charge on any atom is -0.350 e. The fourth-order valence-corrected chi connectivity index (χ4v) is 1.36. The Hall–Kier alpha value is -1.95. The average molecular weight is 252 g/mol. The molecule has 17 heavy (non-hydrogen) atoms. The van der Waals surface area contributed by atoms with E-state index in [1.165, 1.54) is 12.5 Å². The fourth-order valence-electron chi connectivity index (χ4n) is 1.25. The molecule has 0 aliphatic carbocycles. The van der Waals surface area contributed by atoms with Crippen LogP contribution in [0.15, 0.2) is 24.7 Å². The second-order valence-electron chi connectivity index (χ2n) is 3.30. The van der Waals surface area contributed by atoms with Gasteiger partial charge >= 0.3 is 0 Å². The van der Waals surface area contributed by atoms with Crippen molar-refractivity contribution in [1.82, 2.24) is 25.5 Å². The van der Waals surface area contributed by atoms with Gasteiger partial charge in [-0.05, 0) is 12.1 Å². The van der Waals surface area contributed by atoms with Gasteiger partial charge in [0.15, 0.2) is 0 Å². The van der Waals surface area contributed by atoms with E-state index in [1.807, 2.05) is 0 Å². The SMILES string of the molecule is O=C(NCCc1ncn[nH]1)c1ccc(Cl)cn1. The van der Waals surface area contributed by atoms with Crippen LogP contribution in [0.3, 0.4) is 0 Å². The van der Waals surface area contributed by atoms with Crippen molar-refractivity contribution in [2.45, 2.75) is 6.42 Å². The molecule has 0 aliphatic heterocycles. The Labute approximate surface area is 102 Å². The number of H-pyrrole nitrogens is 1. The van der Waals surface area contributed by atoms with E-state index >= 15 is 0 Å². The highest BCUT2D eigenvalue weighted by molar-refractivity contribution is 6.30. The standard InChI is InChI=1S/C10H10ClN5O/c11-7-1-2-8(13-5-7)10(17)12-4-3-9-14-6-15-16-9/h1-2,5-6H,3-4H2,(H,12,17)(H,14,15,16). The van der Waals surface area contributed by atoms with Crippen molar-refractivity contribution in [1.29, 1.82) is 0 Å². The summed E-state index contributed by atoms with van der Waals surface area (Å²) in [7, 11) is 0. The van der Waals surface area contributed by atoms with E-state index < -0.39 is 0 Å². The van der Waals surface area contributed by atoms with Crippen molar-refractivity contribution < 1.29 is 4.79 Å². The monoisotopic (exact) mass is 251 g/mol. The van der Waals surface area contributed by atoms with Crippen molar-refractivity contribution >= 4 is 17.5 Å². The van der Waals surface area contributed by atoms with E-state index in [0.717, 1.165) is 5.82 Å². The van der Waals surface area contributed by atoms with Crippen molar-refractivity contribution in [3.8, 4) is 0 Å². The zero-order chi connectivity index (χ0) is 12.1. The zero-order valence-electron chi connectivity index (χ0n) is 8.85. The highest BCUT2D eigenvalue weighted by Crippen LogP contribution is 2.05. The number of pyridine rings is 1. The lowest BCUT2D eigenvalue weighted by Gasteiger charge is -2.02. The third-order valence-corrected chi connectivity index (χ3v) is 2.30. The molecule has 2 rings (SSSR count). The van der Waals surface area contributed by atoms with E-state index in [2.05, 4.69) is 25.5 Å². The Morgan fingerprint density at radius 3 is 2.94 bits per heavy atom. The summed E-state index contributed by atoms with van der Waals surface area (Å²) in [6.45, 7) is 0.471. The second kappa shape index (κ2) is 5.40. The third-order valence-electron chi connectivity index (χ3n) is 2.07. The van der Waals surface area contributed by atoms with Crippen LogP contribution in [-0.4, -0.2) is 32.6 Å². The van der Waals surface area contributed by atoms with Crippen molar-refractivity contribution in [2.24, 2.45) is 0 Å². The molecule has 2 aromatic heterocycles. The number of carbonyl (C=O) groups excluding carboxylic acids is 1. The van der Waals surface area contributed by atoms with E-state index in [4.69, 9.17) is 11.6 Å². The van der Waals surface area contributed by atoms with Crippen molar-refractivity contribution in [2.75, 3.05) is 6.54 Å². The molecule has 0 bridgehead atoms. The summed E-state index contributed by atoms with van der Waals surface area (Å²) >= 11 is 5.67. The van der Waals surface area contributed by atoms with E-state index in [0.29, 0.717) is 23.7 Å². The van der Waals surface area contributed by atoms with E-state index in [-0.39, 0.29) is 5.91 Å². The third kappa shape index (κ3) is 3.25. The molecule has 7 heteroatoms. The quantitative estimate of drug-likeness (QED) is 0.843. The summed E-state index contributed by atoms with van der Waals surface area (Å²) in [5, 5.41) is 9.65. The molecule has 0 aromatic carbocycles. The van der Waals surface area contributed by atoms with Gasteiger partial charge in [-0.3, -0.25) is 9.89 Å². The maximum Gasteiger partial charge on any atom is 0.269 e. The number of carbonyl (C=O) groups is 1. The van der Waals surface area contributed by atoms with Crippen LogP contribution in [0, 0.1) is 0 Å². The lowest BCUT2D eigenvalue weighted by Crippen LogP contribution is -2.26.